The Hall–Kier alpha value is -3.03. The minimum absolute atomic E-state index is 0. The molecule has 3 atom stereocenters. The lowest BCUT2D eigenvalue weighted by Gasteiger charge is -2.22. The predicted octanol–water partition coefficient (Wildman–Crippen LogP) is -0.144. The van der Waals surface area contributed by atoms with Gasteiger partial charge in [-0.05, 0) is 37.5 Å². The Balaban J connectivity index is 0.00000456. The molecule has 0 bridgehead atoms. The molecule has 11 nitrogen and oxygen atoms in total. The van der Waals surface area contributed by atoms with E-state index in [1.165, 1.54) is 17.6 Å². The number of nitrogens with one attached hydrogen (secondary N) is 3. The van der Waals surface area contributed by atoms with Crippen molar-refractivity contribution in [1.82, 2.24) is 20.4 Å². The highest BCUT2D eigenvalue weighted by molar-refractivity contribution is 7.89. The Morgan fingerprint density at radius 1 is 1.11 bits per heavy atom. The van der Waals surface area contributed by atoms with Crippen LogP contribution in [0, 0.1) is 6.92 Å². The zero-order valence-electron chi connectivity index (χ0n) is 19.6. The molecule has 3 amide bonds. The normalized spacial score (nSPS) is 18.5. The first kappa shape index (κ1) is 29.2. The number of amides is 3. The molecule has 1 aliphatic rings. The van der Waals surface area contributed by atoms with Crippen LogP contribution in [-0.2, 0) is 30.8 Å². The van der Waals surface area contributed by atoms with Crippen LogP contribution < -0.4 is 21.8 Å². The Morgan fingerprint density at radius 3 is 2.36 bits per heavy atom. The first-order chi connectivity index (χ1) is 16.6. The predicted molar refractivity (Wildman–Crippen MR) is 134 cm³/mol. The minimum atomic E-state index is -4.07. The van der Waals surface area contributed by atoms with Gasteiger partial charge in [0.05, 0.1) is 17.5 Å². The van der Waals surface area contributed by atoms with Crippen molar-refractivity contribution < 1.29 is 28.0 Å². The standard InChI is InChI=1S/C23H29N5O6S.ClH/c1-15-7-9-18(10-8-15)35(33,34)28-14-17(12-20(28)23(31)27-32)26-21(29)13-25-22(30)19(24)11-16-5-3-2-4-6-16;/h2-10,17,19-20,32H,11-14,24H2,1H3,(H,25,30)(H,26,29)(H,27,31);1H/t17-,19-,20-;/m0./s1. The number of sulfonamides is 1. The monoisotopic (exact) mass is 539 g/mol. The molecular weight excluding hydrogens is 510 g/mol. The molecule has 1 saturated heterocycles. The number of halogens is 1. The van der Waals surface area contributed by atoms with Gasteiger partial charge in [-0.25, -0.2) is 13.9 Å². The Morgan fingerprint density at radius 2 is 1.75 bits per heavy atom. The first-order valence-electron chi connectivity index (χ1n) is 11.0. The zero-order valence-corrected chi connectivity index (χ0v) is 21.2. The number of nitrogens with zero attached hydrogens (tertiary/aromatic N) is 1. The van der Waals surface area contributed by atoms with Crippen LogP contribution in [0.1, 0.15) is 17.5 Å². The molecule has 0 aliphatic carbocycles. The molecule has 0 aromatic heterocycles. The molecule has 2 aromatic rings. The number of benzene rings is 2. The van der Waals surface area contributed by atoms with Gasteiger partial charge in [-0.1, -0.05) is 48.0 Å². The summed E-state index contributed by atoms with van der Waals surface area (Å²) in [5.41, 5.74) is 9.15. The second-order valence-corrected chi connectivity index (χ2v) is 10.3. The van der Waals surface area contributed by atoms with Gasteiger partial charge >= 0.3 is 0 Å². The number of rotatable bonds is 9. The molecular formula is C23H30ClN5O6S. The van der Waals surface area contributed by atoms with Gasteiger partial charge in [0.25, 0.3) is 5.91 Å². The molecule has 2 aromatic carbocycles. The van der Waals surface area contributed by atoms with Crippen molar-refractivity contribution in [3.8, 4) is 0 Å². The fraction of sp³-hybridized carbons (Fsp3) is 0.348. The van der Waals surface area contributed by atoms with E-state index in [2.05, 4.69) is 10.6 Å². The van der Waals surface area contributed by atoms with Crippen molar-refractivity contribution in [3.05, 3.63) is 65.7 Å². The molecule has 13 heteroatoms. The van der Waals surface area contributed by atoms with Crippen LogP contribution in [0.3, 0.4) is 0 Å². The van der Waals surface area contributed by atoms with Crippen molar-refractivity contribution in [3.63, 3.8) is 0 Å². The number of carbonyl (C=O) groups is 3. The molecule has 3 rings (SSSR count). The molecule has 1 fully saturated rings. The van der Waals surface area contributed by atoms with E-state index in [9.17, 15) is 22.8 Å². The van der Waals surface area contributed by atoms with Gasteiger partial charge in [0.1, 0.15) is 6.04 Å². The van der Waals surface area contributed by atoms with Crippen LogP contribution in [0.15, 0.2) is 59.5 Å². The van der Waals surface area contributed by atoms with Gasteiger partial charge in [0.2, 0.25) is 21.8 Å². The van der Waals surface area contributed by atoms with E-state index in [1.807, 2.05) is 37.3 Å². The van der Waals surface area contributed by atoms with Crippen LogP contribution >= 0.6 is 12.4 Å². The average molecular weight is 540 g/mol. The largest absolute Gasteiger partial charge is 0.350 e. The summed E-state index contributed by atoms with van der Waals surface area (Å²) in [5, 5.41) is 14.2. The van der Waals surface area contributed by atoms with Gasteiger partial charge in [-0.3, -0.25) is 19.6 Å². The summed E-state index contributed by atoms with van der Waals surface area (Å²) >= 11 is 0. The average Bonchev–Trinajstić information content (AvgIpc) is 3.27. The third kappa shape index (κ3) is 7.24. The summed E-state index contributed by atoms with van der Waals surface area (Å²) in [6.07, 6.45) is 0.255. The molecule has 0 saturated carbocycles. The molecule has 36 heavy (non-hydrogen) atoms. The van der Waals surface area contributed by atoms with Gasteiger partial charge < -0.3 is 16.4 Å². The molecule has 196 valence electrons. The molecule has 0 unspecified atom stereocenters. The topological polar surface area (TPSA) is 171 Å². The third-order valence-electron chi connectivity index (χ3n) is 5.72. The quantitative estimate of drug-likeness (QED) is 0.218. The summed E-state index contributed by atoms with van der Waals surface area (Å²) in [6, 6.07) is 12.6. The van der Waals surface area contributed by atoms with Crippen LogP contribution in [0.25, 0.3) is 0 Å². The highest BCUT2D eigenvalue weighted by Crippen LogP contribution is 2.27. The van der Waals surface area contributed by atoms with Gasteiger partial charge in [0.15, 0.2) is 0 Å². The summed E-state index contributed by atoms with van der Waals surface area (Å²) in [7, 11) is -4.07. The van der Waals surface area contributed by atoms with E-state index in [0.717, 1.165) is 15.4 Å². The van der Waals surface area contributed by atoms with E-state index in [-0.39, 0.29) is 36.8 Å². The summed E-state index contributed by atoms with van der Waals surface area (Å²) in [6.45, 7) is 1.27. The number of hydrogen-bond acceptors (Lipinski definition) is 7. The van der Waals surface area contributed by atoms with Crippen molar-refractivity contribution in [2.24, 2.45) is 5.73 Å². The van der Waals surface area contributed by atoms with E-state index in [4.69, 9.17) is 10.9 Å². The second kappa shape index (κ2) is 12.8. The van der Waals surface area contributed by atoms with Crippen LogP contribution in [0.2, 0.25) is 0 Å². The number of carbonyl (C=O) groups excluding carboxylic acids is 3. The van der Waals surface area contributed by atoms with Gasteiger partial charge in [0, 0.05) is 12.6 Å². The Kier molecular flexibility index (Phi) is 10.4. The van der Waals surface area contributed by atoms with E-state index in [0.29, 0.717) is 6.42 Å². The molecule has 6 N–H and O–H groups in total. The lowest BCUT2D eigenvalue weighted by molar-refractivity contribution is -0.132. The third-order valence-corrected chi connectivity index (χ3v) is 7.61. The van der Waals surface area contributed by atoms with Crippen LogP contribution in [-0.4, -0.2) is 66.9 Å². The van der Waals surface area contributed by atoms with Crippen molar-refractivity contribution in [2.75, 3.05) is 13.1 Å². The summed E-state index contributed by atoms with van der Waals surface area (Å²) < 4.78 is 27.2. The maximum Gasteiger partial charge on any atom is 0.261 e. The summed E-state index contributed by atoms with van der Waals surface area (Å²) in [4.78, 5) is 36.8. The number of nitrogens with two attached hydrogens (primary N) is 1. The molecule has 1 aliphatic heterocycles. The number of hydroxylamine groups is 1. The Labute approximate surface area is 215 Å². The van der Waals surface area contributed by atoms with Crippen molar-refractivity contribution in [2.45, 2.75) is 42.8 Å². The zero-order chi connectivity index (χ0) is 25.6. The maximum atomic E-state index is 13.1. The highest BCUT2D eigenvalue weighted by Gasteiger charge is 2.44. The molecule has 0 spiro atoms. The van der Waals surface area contributed by atoms with Crippen molar-refractivity contribution in [1.29, 1.82) is 0 Å². The van der Waals surface area contributed by atoms with E-state index >= 15 is 0 Å². The first-order valence-corrected chi connectivity index (χ1v) is 12.4. The van der Waals surface area contributed by atoms with Crippen molar-refractivity contribution >= 4 is 40.2 Å². The van der Waals surface area contributed by atoms with E-state index in [1.54, 1.807) is 12.1 Å². The van der Waals surface area contributed by atoms with Gasteiger partial charge in [-0.15, -0.1) is 12.4 Å². The SMILES string of the molecule is Cc1ccc(S(=O)(=O)N2C[C@@H](NC(=O)CNC(=O)[C@@H](N)Cc3ccccc3)C[C@H]2C(=O)NO)cc1.Cl. The molecule has 1 heterocycles. The number of aryl methyl sites for hydroxylation is 1. The second-order valence-electron chi connectivity index (χ2n) is 8.39. The van der Waals surface area contributed by atoms with Crippen LogP contribution in [0.4, 0.5) is 0 Å². The minimum Gasteiger partial charge on any atom is -0.350 e. The lowest BCUT2D eigenvalue weighted by Crippen LogP contribution is -2.48. The fourth-order valence-corrected chi connectivity index (χ4v) is 5.52. The maximum absolute atomic E-state index is 13.1. The highest BCUT2D eigenvalue weighted by atomic mass is 35.5. The van der Waals surface area contributed by atoms with E-state index < -0.39 is 45.9 Å². The fourth-order valence-electron chi connectivity index (χ4n) is 3.87. The lowest BCUT2D eigenvalue weighted by atomic mass is 10.1. The smallest absolute Gasteiger partial charge is 0.261 e. The molecule has 0 radical (unpaired) electrons. The van der Waals surface area contributed by atoms with Crippen LogP contribution in [0.5, 0.6) is 0 Å². The number of hydrogen-bond donors (Lipinski definition) is 5. The summed E-state index contributed by atoms with van der Waals surface area (Å²) in [5.74, 6) is -1.97. The van der Waals surface area contributed by atoms with Gasteiger partial charge in [-0.2, -0.15) is 4.31 Å². The Bertz CT molecular complexity index is 1160.